The van der Waals surface area contributed by atoms with Crippen LogP contribution in [0.15, 0.2) is 153 Å². The Morgan fingerprint density at radius 1 is 0.767 bits per heavy atom. The highest BCUT2D eigenvalue weighted by Crippen LogP contribution is 2.32. The van der Waals surface area contributed by atoms with Crippen molar-refractivity contribution in [1.82, 2.24) is 20.0 Å². The molecule has 0 saturated heterocycles. The van der Waals surface area contributed by atoms with E-state index >= 15 is 0 Å². The Labute approximate surface area is 251 Å². The topological polar surface area (TPSA) is 88.2 Å². The van der Waals surface area contributed by atoms with E-state index in [0.29, 0.717) is 16.4 Å². The van der Waals surface area contributed by atoms with Gasteiger partial charge in [0.05, 0.1) is 28.6 Å². The molecule has 0 unspecified atom stereocenters. The third-order valence-electron chi connectivity index (χ3n) is 6.93. The molecule has 0 fully saturated rings. The summed E-state index contributed by atoms with van der Waals surface area (Å²) in [5, 5.41) is 5.50. The average molecular weight is 580 g/mol. The molecule has 0 radical (unpaired) electrons. The number of aromatic amines is 1. The van der Waals surface area contributed by atoms with Gasteiger partial charge in [0.2, 0.25) is 0 Å². The van der Waals surface area contributed by atoms with Gasteiger partial charge in [0.15, 0.2) is 10.2 Å². The third kappa shape index (κ3) is 5.64. The van der Waals surface area contributed by atoms with E-state index in [2.05, 4.69) is 61.5 Å². The zero-order valence-corrected chi connectivity index (χ0v) is 23.7. The second-order valence-corrected chi connectivity index (χ2v) is 10.7. The van der Waals surface area contributed by atoms with Crippen LogP contribution < -0.4 is 5.43 Å². The first-order valence-electron chi connectivity index (χ1n) is 13.7. The van der Waals surface area contributed by atoms with Gasteiger partial charge in [-0.25, -0.2) is 10.4 Å². The number of carbonyl (C=O) groups excluding carboxylic acids is 1. The summed E-state index contributed by atoms with van der Waals surface area (Å²) in [7, 11) is 0. The number of benzene rings is 4. The quantitative estimate of drug-likeness (QED) is 0.140. The standard InChI is InChI=1S/C35H25N5O2S/c41-34(39-36-23-28-19-22-33(42-28)43-35-37-29-13-7-8-14-30(29)38-35)26-15-17-27(18-16-26)40-31(24-9-3-1-4-10-24)20-21-32(40)25-11-5-2-6-12-25/h1-23H,(H,37,38)(H,39,41)/b36-23-. The van der Waals surface area contributed by atoms with Crippen molar-refractivity contribution in [2.45, 2.75) is 10.2 Å². The minimum absolute atomic E-state index is 0.315. The van der Waals surface area contributed by atoms with Crippen LogP contribution in [0.1, 0.15) is 16.1 Å². The van der Waals surface area contributed by atoms with E-state index in [4.69, 9.17) is 4.42 Å². The van der Waals surface area contributed by atoms with Crippen LogP contribution in [-0.4, -0.2) is 26.7 Å². The Bertz CT molecular complexity index is 1950. The molecule has 7 aromatic rings. The summed E-state index contributed by atoms with van der Waals surface area (Å²) in [6.45, 7) is 0. The average Bonchev–Trinajstić information content (AvgIpc) is 3.80. The zero-order valence-electron chi connectivity index (χ0n) is 22.8. The number of fused-ring (bicyclic) bond motifs is 1. The fourth-order valence-electron chi connectivity index (χ4n) is 4.90. The molecule has 3 heterocycles. The van der Waals surface area contributed by atoms with Gasteiger partial charge in [0.1, 0.15) is 5.76 Å². The Kier molecular flexibility index (Phi) is 7.17. The van der Waals surface area contributed by atoms with Gasteiger partial charge < -0.3 is 14.0 Å². The smallest absolute Gasteiger partial charge is 0.271 e. The first-order valence-corrected chi connectivity index (χ1v) is 14.5. The van der Waals surface area contributed by atoms with Crippen molar-refractivity contribution in [2.75, 3.05) is 0 Å². The van der Waals surface area contributed by atoms with Gasteiger partial charge in [-0.05, 0) is 83.6 Å². The van der Waals surface area contributed by atoms with Crippen LogP contribution in [-0.2, 0) is 0 Å². The molecular formula is C35H25N5O2S. The summed E-state index contributed by atoms with van der Waals surface area (Å²) in [6, 6.07) is 43.8. The van der Waals surface area contributed by atoms with Crippen LogP contribution in [0.4, 0.5) is 0 Å². The summed E-state index contributed by atoms with van der Waals surface area (Å²) >= 11 is 1.39. The first kappa shape index (κ1) is 26.3. The molecule has 0 bridgehead atoms. The summed E-state index contributed by atoms with van der Waals surface area (Å²) in [6.07, 6.45) is 1.48. The summed E-state index contributed by atoms with van der Waals surface area (Å²) in [5.74, 6) is 0.203. The Hall–Kier alpha value is -5.60. The van der Waals surface area contributed by atoms with Gasteiger partial charge in [0.25, 0.3) is 5.91 Å². The van der Waals surface area contributed by atoms with Crippen molar-refractivity contribution in [2.24, 2.45) is 5.10 Å². The molecule has 1 amide bonds. The lowest BCUT2D eigenvalue weighted by Crippen LogP contribution is -2.17. The van der Waals surface area contributed by atoms with Crippen LogP contribution >= 0.6 is 11.8 Å². The number of carbonyl (C=O) groups is 1. The summed E-state index contributed by atoms with van der Waals surface area (Å²) in [5.41, 5.74) is 10.3. The number of aromatic nitrogens is 3. The number of hydrazone groups is 1. The maximum atomic E-state index is 12.9. The molecular weight excluding hydrogens is 554 g/mol. The SMILES string of the molecule is O=C(N/N=C\c1ccc(Sc2nc3ccccc3[nH]2)o1)c1ccc(-n2c(-c3ccccc3)ccc2-c2ccccc2)cc1. The number of rotatable bonds is 8. The molecule has 0 saturated carbocycles. The van der Waals surface area contributed by atoms with Crippen LogP contribution in [0.25, 0.3) is 39.2 Å². The monoisotopic (exact) mass is 579 g/mol. The number of para-hydroxylation sites is 2. The van der Waals surface area contributed by atoms with Crippen molar-refractivity contribution >= 4 is 34.9 Å². The molecule has 0 spiro atoms. The molecule has 4 aromatic carbocycles. The van der Waals surface area contributed by atoms with Crippen LogP contribution in [0.5, 0.6) is 0 Å². The largest absolute Gasteiger partial charge is 0.448 e. The van der Waals surface area contributed by atoms with E-state index in [1.807, 2.05) is 78.9 Å². The van der Waals surface area contributed by atoms with Crippen molar-refractivity contribution in [3.8, 4) is 28.2 Å². The van der Waals surface area contributed by atoms with E-state index in [1.165, 1.54) is 18.0 Å². The van der Waals surface area contributed by atoms with Crippen LogP contribution in [0, 0.1) is 0 Å². The molecule has 8 heteroatoms. The van der Waals surface area contributed by atoms with Gasteiger partial charge >= 0.3 is 0 Å². The number of hydrogen-bond donors (Lipinski definition) is 2. The van der Waals surface area contributed by atoms with E-state index in [9.17, 15) is 4.79 Å². The minimum atomic E-state index is -0.315. The first-order chi connectivity index (χ1) is 21.2. The number of nitrogens with zero attached hydrogens (tertiary/aromatic N) is 3. The van der Waals surface area contributed by atoms with Gasteiger partial charge in [-0.15, -0.1) is 0 Å². The number of amides is 1. The lowest BCUT2D eigenvalue weighted by Gasteiger charge is -2.15. The maximum absolute atomic E-state index is 12.9. The van der Waals surface area contributed by atoms with Crippen molar-refractivity contribution < 1.29 is 9.21 Å². The molecule has 0 aliphatic carbocycles. The van der Waals surface area contributed by atoms with E-state index in [0.717, 1.165) is 44.4 Å². The molecule has 0 atom stereocenters. The Morgan fingerprint density at radius 2 is 1.42 bits per heavy atom. The predicted octanol–water partition coefficient (Wildman–Crippen LogP) is 8.20. The molecule has 208 valence electrons. The van der Waals surface area contributed by atoms with Gasteiger partial charge in [-0.3, -0.25) is 4.79 Å². The summed E-state index contributed by atoms with van der Waals surface area (Å²) in [4.78, 5) is 20.7. The van der Waals surface area contributed by atoms with Gasteiger partial charge in [0, 0.05) is 11.3 Å². The minimum Gasteiger partial charge on any atom is -0.448 e. The van der Waals surface area contributed by atoms with E-state index < -0.39 is 0 Å². The van der Waals surface area contributed by atoms with Gasteiger partial charge in [-0.1, -0.05) is 72.8 Å². The molecule has 3 aromatic heterocycles. The highest BCUT2D eigenvalue weighted by molar-refractivity contribution is 7.99. The van der Waals surface area contributed by atoms with Crippen molar-refractivity contribution in [3.63, 3.8) is 0 Å². The lowest BCUT2D eigenvalue weighted by molar-refractivity contribution is 0.0955. The summed E-state index contributed by atoms with van der Waals surface area (Å²) < 4.78 is 8.03. The number of nitrogens with one attached hydrogen (secondary N) is 2. The third-order valence-corrected chi connectivity index (χ3v) is 7.74. The number of furan rings is 1. The predicted molar refractivity (Wildman–Crippen MR) is 171 cm³/mol. The van der Waals surface area contributed by atoms with Crippen LogP contribution in [0.2, 0.25) is 0 Å². The lowest BCUT2D eigenvalue weighted by atomic mass is 10.1. The molecule has 7 rings (SSSR count). The Balaban J connectivity index is 1.05. The normalized spacial score (nSPS) is 11.3. The second-order valence-electron chi connectivity index (χ2n) is 9.74. The molecule has 0 aliphatic rings. The van der Waals surface area contributed by atoms with Gasteiger partial charge in [-0.2, -0.15) is 5.10 Å². The van der Waals surface area contributed by atoms with E-state index in [1.54, 1.807) is 18.2 Å². The maximum Gasteiger partial charge on any atom is 0.271 e. The number of imidazole rings is 1. The van der Waals surface area contributed by atoms with Crippen molar-refractivity contribution in [1.29, 1.82) is 0 Å². The number of H-pyrrole nitrogens is 1. The second kappa shape index (κ2) is 11.7. The van der Waals surface area contributed by atoms with E-state index in [-0.39, 0.29) is 5.91 Å². The molecule has 2 N–H and O–H groups in total. The Morgan fingerprint density at radius 3 is 2.09 bits per heavy atom. The highest BCUT2D eigenvalue weighted by atomic mass is 32.2. The molecule has 7 nitrogen and oxygen atoms in total. The molecule has 43 heavy (non-hydrogen) atoms. The number of hydrogen-bond acceptors (Lipinski definition) is 5. The highest BCUT2D eigenvalue weighted by Gasteiger charge is 2.14. The van der Waals surface area contributed by atoms with Crippen molar-refractivity contribution in [3.05, 3.63) is 145 Å². The molecule has 0 aliphatic heterocycles. The fourth-order valence-corrected chi connectivity index (χ4v) is 5.67. The fraction of sp³-hybridized carbons (Fsp3) is 0. The van der Waals surface area contributed by atoms with Crippen LogP contribution in [0.3, 0.4) is 0 Å². The zero-order chi connectivity index (χ0) is 29.0.